The molecule has 0 saturated carbocycles. The van der Waals surface area contributed by atoms with Gasteiger partial charge in [0.2, 0.25) is 0 Å². The number of nitrogens with one attached hydrogen (secondary N) is 1. The molecule has 0 atom stereocenters. The molecule has 1 N–H and O–H groups in total. The maximum absolute atomic E-state index is 12.9. The van der Waals surface area contributed by atoms with E-state index in [0.29, 0.717) is 11.5 Å². The molecule has 0 bridgehead atoms. The van der Waals surface area contributed by atoms with Gasteiger partial charge < -0.3 is 10.1 Å². The van der Waals surface area contributed by atoms with E-state index in [-0.39, 0.29) is 5.91 Å². The number of rotatable bonds is 3. The summed E-state index contributed by atoms with van der Waals surface area (Å²) in [6.07, 6.45) is 1.53. The van der Waals surface area contributed by atoms with E-state index in [9.17, 15) is 4.79 Å². The van der Waals surface area contributed by atoms with Gasteiger partial charge in [-0.25, -0.2) is 4.68 Å². The van der Waals surface area contributed by atoms with Gasteiger partial charge in [0.15, 0.2) is 0 Å². The van der Waals surface area contributed by atoms with Crippen molar-refractivity contribution < 1.29 is 9.53 Å². The zero-order chi connectivity index (χ0) is 19.1. The molecule has 0 saturated heterocycles. The Morgan fingerprint density at radius 3 is 2.96 bits per heavy atom. The third-order valence-electron chi connectivity index (χ3n) is 4.70. The molecular formula is C20H15N5O2S. The molecule has 0 radical (unpaired) electrons. The number of fused-ring (bicyclic) bond motifs is 3. The van der Waals surface area contributed by atoms with Crippen LogP contribution in [-0.2, 0) is 6.61 Å². The number of hydrogen-bond donors (Lipinski definition) is 1. The van der Waals surface area contributed by atoms with E-state index in [2.05, 4.69) is 20.8 Å². The Balaban J connectivity index is 1.45. The lowest BCUT2D eigenvalue weighted by atomic mass is 10.1. The molecule has 3 heterocycles. The fraction of sp³-hybridized carbons (Fsp3) is 0.100. The van der Waals surface area contributed by atoms with Crippen molar-refractivity contribution in [2.45, 2.75) is 13.5 Å². The van der Waals surface area contributed by atoms with Crippen LogP contribution in [0, 0.1) is 6.92 Å². The van der Waals surface area contributed by atoms with E-state index in [1.807, 2.05) is 55.5 Å². The molecule has 2 aromatic heterocycles. The fourth-order valence-corrected chi connectivity index (χ4v) is 4.37. The first kappa shape index (κ1) is 16.6. The maximum atomic E-state index is 12.9. The van der Waals surface area contributed by atoms with Gasteiger partial charge in [-0.05, 0) is 53.2 Å². The van der Waals surface area contributed by atoms with Gasteiger partial charge in [-0.1, -0.05) is 18.2 Å². The number of thiophene rings is 1. The highest BCUT2D eigenvalue weighted by Gasteiger charge is 2.22. The van der Waals surface area contributed by atoms with E-state index in [0.717, 1.165) is 38.7 Å². The molecule has 0 spiro atoms. The topological polar surface area (TPSA) is 81.9 Å². The van der Waals surface area contributed by atoms with Crippen molar-refractivity contribution in [2.24, 2.45) is 0 Å². The largest absolute Gasteiger partial charge is 0.488 e. The molecule has 7 nitrogen and oxygen atoms in total. The van der Waals surface area contributed by atoms with Gasteiger partial charge >= 0.3 is 0 Å². The number of amides is 1. The summed E-state index contributed by atoms with van der Waals surface area (Å²) < 4.78 is 7.36. The first-order chi connectivity index (χ1) is 13.7. The van der Waals surface area contributed by atoms with Gasteiger partial charge in [-0.3, -0.25) is 4.79 Å². The lowest BCUT2D eigenvalue weighted by Gasteiger charge is -2.16. The standard InChI is InChI=1S/C20H15N5O2S/c1-12-15(6-4-7-16(12)25-11-21-23-24-25)22-20(26)18-9-13-10-27-17-8-3-2-5-14(17)19(13)28-18/h2-9,11H,10H2,1H3,(H,22,26). The number of carbonyl (C=O) groups excluding carboxylic acids is 1. The number of tetrazole rings is 1. The Morgan fingerprint density at radius 1 is 1.21 bits per heavy atom. The SMILES string of the molecule is Cc1c(NC(=O)c2cc3c(s2)-c2ccccc2OC3)cccc1-n1cnnn1. The van der Waals surface area contributed by atoms with Crippen molar-refractivity contribution in [2.75, 3.05) is 5.32 Å². The molecule has 0 fully saturated rings. The Kier molecular flexibility index (Phi) is 3.91. The second-order valence-corrected chi connectivity index (χ2v) is 7.46. The number of anilines is 1. The number of benzene rings is 2. The van der Waals surface area contributed by atoms with Crippen LogP contribution in [0.3, 0.4) is 0 Å². The molecular weight excluding hydrogens is 374 g/mol. The molecule has 4 aromatic rings. The van der Waals surface area contributed by atoms with Crippen molar-refractivity contribution in [3.8, 4) is 21.9 Å². The minimum absolute atomic E-state index is 0.145. The van der Waals surface area contributed by atoms with Crippen molar-refractivity contribution in [1.29, 1.82) is 0 Å². The Labute approximate surface area is 164 Å². The maximum Gasteiger partial charge on any atom is 0.265 e. The number of carbonyl (C=O) groups is 1. The summed E-state index contributed by atoms with van der Waals surface area (Å²) in [4.78, 5) is 14.6. The van der Waals surface area contributed by atoms with Gasteiger partial charge in [0.05, 0.1) is 10.6 Å². The van der Waals surface area contributed by atoms with Crippen molar-refractivity contribution in [3.63, 3.8) is 0 Å². The van der Waals surface area contributed by atoms with Gasteiger partial charge in [0, 0.05) is 21.7 Å². The predicted octanol–water partition coefficient (Wildman–Crippen LogP) is 3.84. The predicted molar refractivity (Wildman–Crippen MR) is 106 cm³/mol. The highest BCUT2D eigenvalue weighted by Crippen LogP contribution is 2.42. The zero-order valence-electron chi connectivity index (χ0n) is 14.9. The van der Waals surface area contributed by atoms with E-state index in [1.54, 1.807) is 4.68 Å². The molecule has 0 aliphatic carbocycles. The highest BCUT2D eigenvalue weighted by molar-refractivity contribution is 7.17. The summed E-state index contributed by atoms with van der Waals surface area (Å²) in [5.41, 5.74) is 4.49. The van der Waals surface area contributed by atoms with Gasteiger partial charge in [-0.15, -0.1) is 16.4 Å². The van der Waals surface area contributed by atoms with Crippen LogP contribution < -0.4 is 10.1 Å². The average Bonchev–Trinajstić information content (AvgIpc) is 3.39. The minimum atomic E-state index is -0.145. The van der Waals surface area contributed by atoms with Crippen LogP contribution in [0.25, 0.3) is 16.1 Å². The normalized spacial score (nSPS) is 12.0. The molecule has 28 heavy (non-hydrogen) atoms. The summed E-state index contributed by atoms with van der Waals surface area (Å²) in [5, 5.41) is 14.3. The van der Waals surface area contributed by atoms with Crippen LogP contribution in [0.2, 0.25) is 0 Å². The molecule has 0 unspecified atom stereocenters. The quantitative estimate of drug-likeness (QED) is 0.576. The Bertz CT molecular complexity index is 1180. The van der Waals surface area contributed by atoms with Crippen LogP contribution in [0.15, 0.2) is 54.9 Å². The van der Waals surface area contributed by atoms with E-state index in [4.69, 9.17) is 4.74 Å². The van der Waals surface area contributed by atoms with Crippen LogP contribution in [0.4, 0.5) is 5.69 Å². The zero-order valence-corrected chi connectivity index (χ0v) is 15.7. The first-order valence-corrected chi connectivity index (χ1v) is 9.51. The van der Waals surface area contributed by atoms with Gasteiger partial charge in [-0.2, -0.15) is 0 Å². The molecule has 1 aliphatic rings. The first-order valence-electron chi connectivity index (χ1n) is 8.70. The van der Waals surface area contributed by atoms with Crippen LogP contribution >= 0.6 is 11.3 Å². The van der Waals surface area contributed by atoms with Crippen LogP contribution in [-0.4, -0.2) is 26.1 Å². The van der Waals surface area contributed by atoms with Crippen LogP contribution in [0.5, 0.6) is 5.75 Å². The minimum Gasteiger partial charge on any atom is -0.488 e. The van der Waals surface area contributed by atoms with Crippen molar-refractivity contribution >= 4 is 22.9 Å². The number of aromatic nitrogens is 4. The molecule has 1 aliphatic heterocycles. The van der Waals surface area contributed by atoms with E-state index in [1.165, 1.54) is 17.7 Å². The lowest BCUT2D eigenvalue weighted by molar-refractivity contribution is 0.103. The smallest absolute Gasteiger partial charge is 0.265 e. The fourth-order valence-electron chi connectivity index (χ4n) is 3.27. The molecule has 8 heteroatoms. The Hall–Kier alpha value is -3.52. The van der Waals surface area contributed by atoms with Crippen molar-refractivity contribution in [1.82, 2.24) is 20.2 Å². The highest BCUT2D eigenvalue weighted by atomic mass is 32.1. The number of hydrogen-bond acceptors (Lipinski definition) is 6. The summed E-state index contributed by atoms with van der Waals surface area (Å²) in [5.74, 6) is 0.711. The lowest BCUT2D eigenvalue weighted by Crippen LogP contribution is -2.12. The number of ether oxygens (including phenoxy) is 1. The second-order valence-electron chi connectivity index (χ2n) is 6.41. The number of nitrogens with zero attached hydrogens (tertiary/aromatic N) is 4. The molecule has 1 amide bonds. The third-order valence-corrected chi connectivity index (χ3v) is 5.91. The number of para-hydroxylation sites is 1. The monoisotopic (exact) mass is 389 g/mol. The van der Waals surface area contributed by atoms with Gasteiger partial charge in [0.25, 0.3) is 5.91 Å². The van der Waals surface area contributed by atoms with Gasteiger partial charge in [0.1, 0.15) is 18.7 Å². The summed E-state index contributed by atoms with van der Waals surface area (Å²) in [6.45, 7) is 2.40. The summed E-state index contributed by atoms with van der Waals surface area (Å²) in [7, 11) is 0. The van der Waals surface area contributed by atoms with Crippen molar-refractivity contribution in [3.05, 3.63) is 70.9 Å². The van der Waals surface area contributed by atoms with E-state index >= 15 is 0 Å². The second kappa shape index (κ2) is 6.58. The molecule has 138 valence electrons. The Morgan fingerprint density at radius 2 is 2.11 bits per heavy atom. The van der Waals surface area contributed by atoms with E-state index < -0.39 is 0 Å². The summed E-state index contributed by atoms with van der Waals surface area (Å²) >= 11 is 1.48. The third kappa shape index (κ3) is 2.74. The summed E-state index contributed by atoms with van der Waals surface area (Å²) in [6, 6.07) is 15.4. The molecule has 5 rings (SSSR count). The molecule has 2 aromatic carbocycles. The average molecular weight is 389 g/mol. The van der Waals surface area contributed by atoms with Crippen LogP contribution in [0.1, 0.15) is 20.8 Å².